The van der Waals surface area contributed by atoms with Crippen LogP contribution in [0.1, 0.15) is 21.7 Å². The van der Waals surface area contributed by atoms with Crippen LogP contribution in [-0.4, -0.2) is 10.9 Å². The maximum atomic E-state index is 12.6. The number of carbonyl (C=O) groups is 1. The third-order valence-corrected chi connectivity index (χ3v) is 3.32. The van der Waals surface area contributed by atoms with E-state index in [1.54, 1.807) is 19.1 Å². The Bertz CT molecular complexity index is 686. The molecule has 2 rings (SSSR count). The molecule has 1 N–H and O–H groups in total. The zero-order valence-corrected chi connectivity index (χ0v) is 12.4. The van der Waals surface area contributed by atoms with Gasteiger partial charge in [0, 0.05) is 10.2 Å². The lowest BCUT2D eigenvalue weighted by Gasteiger charge is -2.11. The van der Waals surface area contributed by atoms with E-state index in [4.69, 9.17) is 0 Å². The van der Waals surface area contributed by atoms with Gasteiger partial charge in [0.15, 0.2) is 0 Å². The molecule has 21 heavy (non-hydrogen) atoms. The molecule has 0 saturated carbocycles. The molecule has 110 valence electrons. The Morgan fingerprint density at radius 2 is 1.95 bits per heavy atom. The van der Waals surface area contributed by atoms with Gasteiger partial charge < -0.3 is 5.32 Å². The fourth-order valence-electron chi connectivity index (χ4n) is 1.65. The second-order valence-corrected chi connectivity index (χ2v) is 5.17. The molecule has 2 aromatic rings. The number of nitrogens with one attached hydrogen (secondary N) is 1. The number of hydrogen-bond donors (Lipinski definition) is 1. The monoisotopic (exact) mass is 358 g/mol. The molecular weight excluding hydrogens is 349 g/mol. The van der Waals surface area contributed by atoms with Gasteiger partial charge in [0.1, 0.15) is 5.69 Å². The Labute approximate surface area is 127 Å². The van der Waals surface area contributed by atoms with Crippen molar-refractivity contribution >= 4 is 27.5 Å². The van der Waals surface area contributed by atoms with E-state index in [2.05, 4.69) is 26.2 Å². The number of anilines is 1. The van der Waals surface area contributed by atoms with Crippen LogP contribution in [0.4, 0.5) is 18.9 Å². The normalized spacial score (nSPS) is 11.3. The molecular formula is C14H10BrF3N2O. The molecule has 1 amide bonds. The number of rotatable bonds is 2. The summed E-state index contributed by atoms with van der Waals surface area (Å²) in [5.74, 6) is -0.487. The van der Waals surface area contributed by atoms with Crippen LogP contribution in [0.3, 0.4) is 0 Å². The molecule has 0 unspecified atom stereocenters. The second kappa shape index (κ2) is 5.85. The molecule has 0 atom stereocenters. The zero-order chi connectivity index (χ0) is 15.6. The number of hydrogen-bond acceptors (Lipinski definition) is 2. The summed E-state index contributed by atoms with van der Waals surface area (Å²) in [5, 5.41) is 2.52. The predicted molar refractivity (Wildman–Crippen MR) is 76.1 cm³/mol. The average Bonchev–Trinajstić information content (AvgIpc) is 2.39. The third-order valence-electron chi connectivity index (χ3n) is 2.67. The first-order valence-corrected chi connectivity index (χ1v) is 6.68. The molecule has 7 heteroatoms. The minimum absolute atomic E-state index is 0.151. The van der Waals surface area contributed by atoms with Crippen molar-refractivity contribution in [3.63, 3.8) is 0 Å². The molecule has 1 aromatic heterocycles. The highest BCUT2D eigenvalue weighted by Crippen LogP contribution is 2.34. The number of carbonyl (C=O) groups excluding carboxylic acids is 1. The van der Waals surface area contributed by atoms with Crippen LogP contribution < -0.4 is 5.32 Å². The number of nitrogens with zero attached hydrogens (tertiary/aromatic N) is 1. The van der Waals surface area contributed by atoms with Crippen LogP contribution in [0.2, 0.25) is 0 Å². The van der Waals surface area contributed by atoms with E-state index < -0.39 is 17.6 Å². The van der Waals surface area contributed by atoms with Gasteiger partial charge in [-0.1, -0.05) is 6.07 Å². The van der Waals surface area contributed by atoms with E-state index in [0.717, 1.165) is 12.1 Å². The highest BCUT2D eigenvalue weighted by molar-refractivity contribution is 9.10. The molecule has 0 aliphatic rings. The Hall–Kier alpha value is -1.89. The largest absolute Gasteiger partial charge is 0.416 e. The summed E-state index contributed by atoms with van der Waals surface area (Å²) in [6, 6.07) is 7.97. The molecule has 3 nitrogen and oxygen atoms in total. The van der Waals surface area contributed by atoms with Crippen LogP contribution in [0, 0.1) is 6.92 Å². The van der Waals surface area contributed by atoms with Gasteiger partial charge in [-0.2, -0.15) is 13.2 Å². The van der Waals surface area contributed by atoms with Crippen molar-refractivity contribution in [1.82, 2.24) is 4.98 Å². The van der Waals surface area contributed by atoms with E-state index >= 15 is 0 Å². The van der Waals surface area contributed by atoms with Gasteiger partial charge in [-0.3, -0.25) is 4.79 Å². The lowest BCUT2D eigenvalue weighted by atomic mass is 10.2. The Kier molecular flexibility index (Phi) is 4.32. The van der Waals surface area contributed by atoms with Crippen LogP contribution >= 0.6 is 15.9 Å². The third kappa shape index (κ3) is 3.81. The van der Waals surface area contributed by atoms with Crippen molar-refractivity contribution in [3.8, 4) is 0 Å². The highest BCUT2D eigenvalue weighted by Gasteiger charge is 2.30. The number of alkyl halides is 3. The SMILES string of the molecule is Cc1cccc(C(=O)Nc2ccc(C(F)(F)F)cc2Br)n1. The maximum absolute atomic E-state index is 12.6. The van der Waals surface area contributed by atoms with Crippen molar-refractivity contribution in [3.05, 3.63) is 57.8 Å². The summed E-state index contributed by atoms with van der Waals surface area (Å²) in [5.41, 5.74) is 0.327. The van der Waals surface area contributed by atoms with Gasteiger partial charge in [-0.15, -0.1) is 0 Å². The van der Waals surface area contributed by atoms with Gasteiger partial charge in [0.05, 0.1) is 11.3 Å². The van der Waals surface area contributed by atoms with Crippen molar-refractivity contribution < 1.29 is 18.0 Å². The van der Waals surface area contributed by atoms with Crippen molar-refractivity contribution in [2.24, 2.45) is 0 Å². The van der Waals surface area contributed by atoms with E-state index in [0.29, 0.717) is 5.69 Å². The lowest BCUT2D eigenvalue weighted by Crippen LogP contribution is -2.15. The number of benzene rings is 1. The molecule has 0 saturated heterocycles. The number of halogens is 4. The quantitative estimate of drug-likeness (QED) is 0.862. The minimum Gasteiger partial charge on any atom is -0.320 e. The topological polar surface area (TPSA) is 42.0 Å². The van der Waals surface area contributed by atoms with Crippen molar-refractivity contribution in [1.29, 1.82) is 0 Å². The van der Waals surface area contributed by atoms with E-state index in [9.17, 15) is 18.0 Å². The average molecular weight is 359 g/mol. The first kappa shape index (κ1) is 15.5. The van der Waals surface area contributed by atoms with E-state index in [1.807, 2.05) is 0 Å². The van der Waals surface area contributed by atoms with Crippen LogP contribution in [0.15, 0.2) is 40.9 Å². The fraction of sp³-hybridized carbons (Fsp3) is 0.143. The summed E-state index contributed by atoms with van der Waals surface area (Å²) in [6.45, 7) is 1.74. The first-order valence-electron chi connectivity index (χ1n) is 5.89. The Balaban J connectivity index is 2.22. The zero-order valence-electron chi connectivity index (χ0n) is 10.8. The molecule has 0 bridgehead atoms. The fourth-order valence-corrected chi connectivity index (χ4v) is 2.13. The Morgan fingerprint density at radius 1 is 1.24 bits per heavy atom. The van der Waals surface area contributed by atoms with Crippen LogP contribution in [-0.2, 0) is 6.18 Å². The predicted octanol–water partition coefficient (Wildman–Crippen LogP) is 4.42. The smallest absolute Gasteiger partial charge is 0.320 e. The molecule has 0 aliphatic heterocycles. The molecule has 0 fully saturated rings. The minimum atomic E-state index is -4.43. The van der Waals surface area contributed by atoms with Crippen molar-refractivity contribution in [2.75, 3.05) is 5.32 Å². The maximum Gasteiger partial charge on any atom is 0.416 e. The van der Waals surface area contributed by atoms with Gasteiger partial charge in [0.25, 0.3) is 5.91 Å². The summed E-state index contributed by atoms with van der Waals surface area (Å²) in [7, 11) is 0. The summed E-state index contributed by atoms with van der Waals surface area (Å²) < 4.78 is 37.8. The van der Waals surface area contributed by atoms with Crippen LogP contribution in [0.5, 0.6) is 0 Å². The van der Waals surface area contributed by atoms with Gasteiger partial charge in [0.2, 0.25) is 0 Å². The number of aryl methyl sites for hydroxylation is 1. The van der Waals surface area contributed by atoms with Gasteiger partial charge in [-0.05, 0) is 53.2 Å². The van der Waals surface area contributed by atoms with E-state index in [1.165, 1.54) is 12.1 Å². The van der Waals surface area contributed by atoms with Crippen LogP contribution in [0.25, 0.3) is 0 Å². The molecule has 1 aromatic carbocycles. The lowest BCUT2D eigenvalue weighted by molar-refractivity contribution is -0.137. The van der Waals surface area contributed by atoms with E-state index in [-0.39, 0.29) is 15.9 Å². The molecule has 0 aliphatic carbocycles. The number of amides is 1. The second-order valence-electron chi connectivity index (χ2n) is 4.31. The number of pyridine rings is 1. The molecule has 0 radical (unpaired) electrons. The Morgan fingerprint density at radius 3 is 2.52 bits per heavy atom. The van der Waals surface area contributed by atoms with Gasteiger partial charge >= 0.3 is 6.18 Å². The molecule has 0 spiro atoms. The molecule has 1 heterocycles. The summed E-state index contributed by atoms with van der Waals surface area (Å²) in [6.07, 6.45) is -4.43. The van der Waals surface area contributed by atoms with Crippen molar-refractivity contribution in [2.45, 2.75) is 13.1 Å². The standard InChI is InChI=1S/C14H10BrF3N2O/c1-8-3-2-4-12(19-8)13(21)20-11-6-5-9(7-10(11)15)14(16,17)18/h2-7H,1H3,(H,20,21). The summed E-state index contributed by atoms with van der Waals surface area (Å²) in [4.78, 5) is 16.0. The van der Waals surface area contributed by atoms with Gasteiger partial charge in [-0.25, -0.2) is 4.98 Å². The first-order chi connectivity index (χ1) is 9.77. The highest BCUT2D eigenvalue weighted by atomic mass is 79.9. The summed E-state index contributed by atoms with van der Waals surface area (Å²) >= 11 is 3.02. The number of aromatic nitrogens is 1.